The van der Waals surface area contributed by atoms with Crippen LogP contribution in [0.3, 0.4) is 0 Å². The van der Waals surface area contributed by atoms with Crippen molar-refractivity contribution >= 4 is 44.4 Å². The molecule has 0 aromatic heterocycles. The van der Waals surface area contributed by atoms with E-state index in [4.69, 9.17) is 0 Å². The van der Waals surface area contributed by atoms with Crippen LogP contribution in [0.1, 0.15) is 0 Å². The minimum atomic E-state index is -0.0372. The molecule has 1 heterocycles. The average Bonchev–Trinajstić information content (AvgIpc) is 2.52. The van der Waals surface area contributed by atoms with E-state index in [1.165, 1.54) is 0 Å². The van der Waals surface area contributed by atoms with E-state index in [0.29, 0.717) is 0 Å². The first-order valence-electron chi connectivity index (χ1n) is 4.29. The Bertz CT molecular complexity index is 603. The van der Waals surface area contributed by atoms with Gasteiger partial charge in [-0.25, -0.2) is 0 Å². The predicted molar refractivity (Wildman–Crippen MR) is 60.0 cm³/mol. The number of benzene rings is 2. The van der Waals surface area contributed by atoms with Crippen LogP contribution in [0.2, 0.25) is 0 Å². The van der Waals surface area contributed by atoms with Crippen molar-refractivity contribution in [3.05, 3.63) is 34.0 Å². The van der Waals surface area contributed by atoms with Gasteiger partial charge in [-0.1, -0.05) is 22.0 Å². The molecule has 1 aliphatic rings. The van der Waals surface area contributed by atoms with Gasteiger partial charge in [0.05, 0.1) is 0 Å². The number of amides is 1. The smallest absolute Gasteiger partial charge is 0.249 e. The van der Waals surface area contributed by atoms with Crippen molar-refractivity contribution in [2.75, 3.05) is 5.32 Å². The van der Waals surface area contributed by atoms with Crippen molar-refractivity contribution in [1.82, 2.24) is 0 Å². The molecule has 0 fully saturated rings. The Balaban J connectivity index is 2.51. The molecule has 2 aromatic rings. The first-order valence-corrected chi connectivity index (χ1v) is 5.08. The van der Waals surface area contributed by atoms with Crippen molar-refractivity contribution in [1.29, 1.82) is 0 Å². The molecule has 0 aliphatic carbocycles. The standard InChI is InChI=1S/C11H6BrNO/c12-9-2-1-6-3-7(9)4-10-8(6)5-11(14)13-10/h1-5H,(H,13,14). The lowest BCUT2D eigenvalue weighted by Crippen LogP contribution is -2.04. The minimum Gasteiger partial charge on any atom is -0.322 e. The monoisotopic (exact) mass is 247 g/mol. The van der Waals surface area contributed by atoms with Crippen molar-refractivity contribution in [2.24, 2.45) is 0 Å². The Kier molecular flexibility index (Phi) is 1.47. The summed E-state index contributed by atoms with van der Waals surface area (Å²) in [6.45, 7) is 0. The van der Waals surface area contributed by atoms with Crippen LogP contribution in [0.4, 0.5) is 5.69 Å². The van der Waals surface area contributed by atoms with E-state index >= 15 is 0 Å². The molecule has 2 nitrogen and oxygen atoms in total. The van der Waals surface area contributed by atoms with Gasteiger partial charge in [-0.3, -0.25) is 4.79 Å². The molecule has 0 saturated heterocycles. The number of rotatable bonds is 0. The van der Waals surface area contributed by atoms with E-state index in [-0.39, 0.29) is 5.91 Å². The fourth-order valence-corrected chi connectivity index (χ4v) is 2.14. The maximum absolute atomic E-state index is 11.2. The molecule has 2 bridgehead atoms. The van der Waals surface area contributed by atoms with Gasteiger partial charge in [0.1, 0.15) is 0 Å². The summed E-state index contributed by atoms with van der Waals surface area (Å²) in [7, 11) is 0. The van der Waals surface area contributed by atoms with Crippen molar-refractivity contribution in [3.8, 4) is 0 Å². The third-order valence-electron chi connectivity index (χ3n) is 2.43. The number of halogens is 1. The Morgan fingerprint density at radius 2 is 2.00 bits per heavy atom. The molecular formula is C11H6BrNO. The lowest BCUT2D eigenvalue weighted by molar-refractivity contribution is -0.110. The number of hydrogen-bond donors (Lipinski definition) is 1. The summed E-state index contributed by atoms with van der Waals surface area (Å²) in [6, 6.07) is 8.06. The molecule has 1 aliphatic heterocycles. The van der Waals surface area contributed by atoms with E-state index in [1.54, 1.807) is 6.08 Å². The molecule has 2 aromatic carbocycles. The molecular weight excluding hydrogens is 242 g/mol. The van der Waals surface area contributed by atoms with Gasteiger partial charge in [-0.15, -0.1) is 0 Å². The number of hydrogen-bond acceptors (Lipinski definition) is 1. The third kappa shape index (κ3) is 0.990. The zero-order valence-electron chi connectivity index (χ0n) is 7.17. The number of nitrogens with one attached hydrogen (secondary N) is 1. The topological polar surface area (TPSA) is 29.1 Å². The first-order chi connectivity index (χ1) is 6.74. The second-order valence-corrected chi connectivity index (χ2v) is 4.20. The van der Waals surface area contributed by atoms with Crippen LogP contribution in [0.5, 0.6) is 0 Å². The summed E-state index contributed by atoms with van der Waals surface area (Å²) in [5, 5.41) is 6.00. The maximum Gasteiger partial charge on any atom is 0.249 e. The highest BCUT2D eigenvalue weighted by Gasteiger charge is 2.11. The highest BCUT2D eigenvalue weighted by molar-refractivity contribution is 9.10. The molecule has 0 atom stereocenters. The van der Waals surface area contributed by atoms with E-state index in [0.717, 1.165) is 26.2 Å². The van der Waals surface area contributed by atoms with Gasteiger partial charge in [0.15, 0.2) is 0 Å². The summed E-state index contributed by atoms with van der Waals surface area (Å²) >= 11 is 3.46. The molecule has 0 saturated carbocycles. The van der Waals surface area contributed by atoms with Gasteiger partial charge in [-0.2, -0.15) is 0 Å². The van der Waals surface area contributed by atoms with Crippen molar-refractivity contribution in [2.45, 2.75) is 0 Å². The number of carbonyl (C=O) groups is 1. The summed E-state index contributed by atoms with van der Waals surface area (Å²) in [6.07, 6.45) is 1.64. The largest absolute Gasteiger partial charge is 0.322 e. The van der Waals surface area contributed by atoms with Crippen LogP contribution < -0.4 is 10.5 Å². The van der Waals surface area contributed by atoms with Gasteiger partial charge < -0.3 is 5.32 Å². The van der Waals surface area contributed by atoms with Gasteiger partial charge in [0.2, 0.25) is 5.91 Å². The summed E-state index contributed by atoms with van der Waals surface area (Å²) < 4.78 is 1.05. The second-order valence-electron chi connectivity index (χ2n) is 3.34. The van der Waals surface area contributed by atoms with Crippen LogP contribution in [0, 0.1) is 0 Å². The molecule has 68 valence electrons. The fourth-order valence-electron chi connectivity index (χ4n) is 1.78. The lowest BCUT2D eigenvalue weighted by Gasteiger charge is -2.03. The van der Waals surface area contributed by atoms with E-state index in [2.05, 4.69) is 27.3 Å². The molecule has 0 radical (unpaired) electrons. The van der Waals surface area contributed by atoms with Gasteiger partial charge in [-0.05, 0) is 29.0 Å². The van der Waals surface area contributed by atoms with Gasteiger partial charge >= 0.3 is 0 Å². The van der Waals surface area contributed by atoms with E-state index in [9.17, 15) is 4.79 Å². The Labute approximate surface area is 88.7 Å². The quantitative estimate of drug-likeness (QED) is 0.759. The number of fused-ring (bicyclic) bond motifs is 4. The lowest BCUT2D eigenvalue weighted by atomic mass is 10.1. The minimum absolute atomic E-state index is 0.0372. The second kappa shape index (κ2) is 2.58. The number of carbonyl (C=O) groups excluding carboxylic acids is 1. The van der Waals surface area contributed by atoms with Crippen LogP contribution in [0.15, 0.2) is 28.7 Å². The predicted octanol–water partition coefficient (Wildman–Crippen LogP) is 2.05. The van der Waals surface area contributed by atoms with Gasteiger partial charge in [0.25, 0.3) is 0 Å². The van der Waals surface area contributed by atoms with Crippen LogP contribution in [-0.4, -0.2) is 5.91 Å². The Hall–Kier alpha value is -1.35. The highest BCUT2D eigenvalue weighted by Crippen LogP contribution is 2.23. The fraction of sp³-hybridized carbons (Fsp3) is 0. The summed E-state index contributed by atoms with van der Waals surface area (Å²) in [5.74, 6) is -0.0372. The van der Waals surface area contributed by atoms with Crippen LogP contribution >= 0.6 is 15.9 Å². The zero-order chi connectivity index (χ0) is 9.71. The number of anilines is 1. The highest BCUT2D eigenvalue weighted by atomic mass is 79.9. The molecule has 0 spiro atoms. The molecule has 3 heteroatoms. The zero-order valence-corrected chi connectivity index (χ0v) is 8.76. The molecule has 1 amide bonds. The Morgan fingerprint density at radius 3 is 2.86 bits per heavy atom. The first kappa shape index (κ1) is 8.00. The van der Waals surface area contributed by atoms with E-state index < -0.39 is 0 Å². The molecule has 3 rings (SSSR count). The van der Waals surface area contributed by atoms with E-state index in [1.807, 2.05) is 18.2 Å². The molecule has 14 heavy (non-hydrogen) atoms. The summed E-state index contributed by atoms with van der Waals surface area (Å²) in [4.78, 5) is 11.2. The van der Waals surface area contributed by atoms with Crippen molar-refractivity contribution < 1.29 is 4.79 Å². The average molecular weight is 248 g/mol. The third-order valence-corrected chi connectivity index (χ3v) is 3.15. The normalized spacial score (nSPS) is 13.9. The maximum atomic E-state index is 11.2. The van der Waals surface area contributed by atoms with Gasteiger partial charge in [0, 0.05) is 21.5 Å². The molecule has 1 N–H and O–H groups in total. The Morgan fingerprint density at radius 1 is 1.14 bits per heavy atom. The van der Waals surface area contributed by atoms with Crippen LogP contribution in [-0.2, 0) is 4.79 Å². The van der Waals surface area contributed by atoms with Crippen LogP contribution in [0.25, 0.3) is 16.8 Å². The SMILES string of the molecule is O=C1C=c2c(cc3cc2ccc3Br)N1. The van der Waals surface area contributed by atoms with Crippen molar-refractivity contribution in [3.63, 3.8) is 0 Å². The molecule has 0 unspecified atom stereocenters. The summed E-state index contributed by atoms with van der Waals surface area (Å²) in [5.41, 5.74) is 0.906.